The Morgan fingerprint density at radius 3 is 3.00 bits per heavy atom. The second-order valence-corrected chi connectivity index (χ2v) is 8.25. The molecule has 0 N–H and O–H groups in total. The standard InChI is InChI=1S/C23H27N5/c1-27-12-9-21-19(14-27)13-25-23(26-21)18-5-4-11-28(16-18)15-17-8-10-24-22-7-3-2-6-20(17)22/h2-3,6-8,10,13,18H,4-5,9,11-12,14-16H2,1H3/t18-/m1/s1. The van der Waals surface area contributed by atoms with E-state index in [9.17, 15) is 0 Å². The quantitative estimate of drug-likeness (QED) is 0.704. The Morgan fingerprint density at radius 2 is 2.04 bits per heavy atom. The van der Waals surface area contributed by atoms with Crippen molar-refractivity contribution in [3.8, 4) is 0 Å². The van der Waals surface area contributed by atoms with E-state index in [4.69, 9.17) is 9.97 Å². The van der Waals surface area contributed by atoms with E-state index in [2.05, 4.69) is 58.4 Å². The second-order valence-electron chi connectivity index (χ2n) is 8.25. The molecule has 0 saturated carbocycles. The Balaban J connectivity index is 1.34. The Labute approximate surface area is 166 Å². The number of rotatable bonds is 3. The fraction of sp³-hybridized carbons (Fsp3) is 0.435. The molecule has 4 heterocycles. The molecule has 0 unspecified atom stereocenters. The van der Waals surface area contributed by atoms with Crippen molar-refractivity contribution >= 4 is 10.9 Å². The van der Waals surface area contributed by atoms with E-state index < -0.39 is 0 Å². The summed E-state index contributed by atoms with van der Waals surface area (Å²) in [5.41, 5.74) is 5.01. The Morgan fingerprint density at radius 1 is 1.11 bits per heavy atom. The summed E-state index contributed by atoms with van der Waals surface area (Å²) in [5, 5.41) is 1.27. The maximum atomic E-state index is 4.99. The lowest BCUT2D eigenvalue weighted by atomic mass is 9.95. The number of nitrogens with zero attached hydrogens (tertiary/aromatic N) is 5. The van der Waals surface area contributed by atoms with Gasteiger partial charge in [0.2, 0.25) is 0 Å². The maximum absolute atomic E-state index is 4.99. The van der Waals surface area contributed by atoms with Crippen LogP contribution in [0.25, 0.3) is 10.9 Å². The van der Waals surface area contributed by atoms with Crippen molar-refractivity contribution in [2.24, 2.45) is 0 Å². The zero-order valence-corrected chi connectivity index (χ0v) is 16.5. The maximum Gasteiger partial charge on any atom is 0.132 e. The molecule has 0 spiro atoms. The highest BCUT2D eigenvalue weighted by atomic mass is 15.1. The van der Waals surface area contributed by atoms with Crippen LogP contribution >= 0.6 is 0 Å². The first-order valence-electron chi connectivity index (χ1n) is 10.3. The number of hydrogen-bond donors (Lipinski definition) is 0. The van der Waals surface area contributed by atoms with Gasteiger partial charge in [-0.25, -0.2) is 9.97 Å². The van der Waals surface area contributed by atoms with Crippen molar-refractivity contribution in [1.82, 2.24) is 24.8 Å². The van der Waals surface area contributed by atoms with E-state index in [0.717, 1.165) is 50.5 Å². The largest absolute Gasteiger partial charge is 0.302 e. The van der Waals surface area contributed by atoms with Crippen LogP contribution in [0, 0.1) is 0 Å². The van der Waals surface area contributed by atoms with Gasteiger partial charge in [-0.3, -0.25) is 9.88 Å². The molecule has 3 aromatic rings. The molecular weight excluding hydrogens is 346 g/mol. The lowest BCUT2D eigenvalue weighted by Gasteiger charge is -2.33. The summed E-state index contributed by atoms with van der Waals surface area (Å²) in [6.07, 6.45) is 7.44. The first-order chi connectivity index (χ1) is 13.8. The van der Waals surface area contributed by atoms with Crippen LogP contribution in [0.1, 0.15) is 41.4 Å². The summed E-state index contributed by atoms with van der Waals surface area (Å²) in [5.74, 6) is 1.49. The van der Waals surface area contributed by atoms with Gasteiger partial charge in [0, 0.05) is 67.6 Å². The van der Waals surface area contributed by atoms with E-state index in [1.807, 2.05) is 6.20 Å². The number of aromatic nitrogens is 3. The number of benzene rings is 1. The fourth-order valence-corrected chi connectivity index (χ4v) is 4.61. The molecule has 1 atom stereocenters. The van der Waals surface area contributed by atoms with Crippen molar-refractivity contribution in [2.75, 3.05) is 26.7 Å². The van der Waals surface area contributed by atoms with Crippen molar-refractivity contribution in [3.63, 3.8) is 0 Å². The molecule has 2 aliphatic rings. The van der Waals surface area contributed by atoms with Crippen LogP contribution in [-0.2, 0) is 19.5 Å². The molecule has 0 aliphatic carbocycles. The fourth-order valence-electron chi connectivity index (χ4n) is 4.61. The molecular formula is C23H27N5. The first-order valence-corrected chi connectivity index (χ1v) is 10.3. The number of likely N-dealkylation sites (N-methyl/N-ethyl adjacent to an activating group) is 1. The minimum atomic E-state index is 0.437. The zero-order valence-electron chi connectivity index (χ0n) is 16.5. The monoisotopic (exact) mass is 373 g/mol. The molecule has 0 amide bonds. The molecule has 5 rings (SSSR count). The van der Waals surface area contributed by atoms with Gasteiger partial charge in [-0.1, -0.05) is 18.2 Å². The smallest absolute Gasteiger partial charge is 0.132 e. The van der Waals surface area contributed by atoms with E-state index in [1.54, 1.807) is 0 Å². The molecule has 2 aliphatic heterocycles. The highest BCUT2D eigenvalue weighted by molar-refractivity contribution is 5.81. The highest BCUT2D eigenvalue weighted by Crippen LogP contribution is 2.28. The molecule has 0 bridgehead atoms. The Bertz CT molecular complexity index is 980. The summed E-state index contributed by atoms with van der Waals surface area (Å²) in [6.45, 7) is 5.21. The van der Waals surface area contributed by atoms with Crippen molar-refractivity contribution in [1.29, 1.82) is 0 Å². The van der Waals surface area contributed by atoms with Gasteiger partial charge in [0.05, 0.1) is 5.52 Å². The van der Waals surface area contributed by atoms with Crippen LogP contribution in [0.4, 0.5) is 0 Å². The minimum absolute atomic E-state index is 0.437. The van der Waals surface area contributed by atoms with Gasteiger partial charge in [-0.2, -0.15) is 0 Å². The summed E-state index contributed by atoms with van der Waals surface area (Å²) < 4.78 is 0. The van der Waals surface area contributed by atoms with Crippen molar-refractivity contribution in [3.05, 3.63) is 65.4 Å². The van der Waals surface area contributed by atoms with Crippen LogP contribution in [0.3, 0.4) is 0 Å². The summed E-state index contributed by atoms with van der Waals surface area (Å²) in [4.78, 5) is 19.2. The summed E-state index contributed by atoms with van der Waals surface area (Å²) in [6, 6.07) is 10.6. The van der Waals surface area contributed by atoms with Gasteiger partial charge >= 0.3 is 0 Å². The second kappa shape index (κ2) is 7.57. The van der Waals surface area contributed by atoms with E-state index in [-0.39, 0.29) is 0 Å². The van der Waals surface area contributed by atoms with Crippen molar-refractivity contribution < 1.29 is 0 Å². The number of pyridine rings is 1. The lowest BCUT2D eigenvalue weighted by molar-refractivity contribution is 0.196. The predicted octanol–water partition coefficient (Wildman–Crippen LogP) is 3.39. The third-order valence-electron chi connectivity index (χ3n) is 6.15. The molecule has 1 aromatic carbocycles. The van der Waals surface area contributed by atoms with Crippen LogP contribution in [-0.4, -0.2) is 51.4 Å². The van der Waals surface area contributed by atoms with Gasteiger partial charge in [-0.05, 0) is 44.1 Å². The molecule has 5 nitrogen and oxygen atoms in total. The molecule has 1 fully saturated rings. The zero-order chi connectivity index (χ0) is 18.9. The van der Waals surface area contributed by atoms with Crippen LogP contribution in [0.15, 0.2) is 42.7 Å². The molecule has 2 aromatic heterocycles. The van der Waals surface area contributed by atoms with Crippen molar-refractivity contribution in [2.45, 2.75) is 38.3 Å². The van der Waals surface area contributed by atoms with E-state index >= 15 is 0 Å². The third kappa shape index (κ3) is 3.52. The SMILES string of the molecule is CN1CCc2nc([C@@H]3CCCN(Cc4ccnc5ccccc45)C3)ncc2C1. The van der Waals surface area contributed by atoms with Crippen LogP contribution < -0.4 is 0 Å². The molecule has 144 valence electrons. The minimum Gasteiger partial charge on any atom is -0.302 e. The molecule has 0 radical (unpaired) electrons. The number of hydrogen-bond acceptors (Lipinski definition) is 5. The average molecular weight is 374 g/mol. The number of likely N-dealkylation sites (tertiary alicyclic amines) is 1. The Hall–Kier alpha value is -2.37. The van der Waals surface area contributed by atoms with Crippen LogP contribution in [0.2, 0.25) is 0 Å². The van der Waals surface area contributed by atoms with E-state index in [0.29, 0.717) is 5.92 Å². The van der Waals surface area contributed by atoms with Gasteiger partial charge < -0.3 is 4.90 Å². The molecule has 5 heteroatoms. The van der Waals surface area contributed by atoms with E-state index in [1.165, 1.54) is 35.0 Å². The topological polar surface area (TPSA) is 45.2 Å². The number of piperidine rings is 1. The average Bonchev–Trinajstić information content (AvgIpc) is 2.74. The number of fused-ring (bicyclic) bond motifs is 2. The highest BCUT2D eigenvalue weighted by Gasteiger charge is 2.25. The first kappa shape index (κ1) is 17.7. The van der Waals surface area contributed by atoms with Gasteiger partial charge in [0.25, 0.3) is 0 Å². The van der Waals surface area contributed by atoms with Gasteiger partial charge in [-0.15, -0.1) is 0 Å². The summed E-state index contributed by atoms with van der Waals surface area (Å²) in [7, 11) is 2.17. The van der Waals surface area contributed by atoms with Gasteiger partial charge in [0.15, 0.2) is 0 Å². The lowest BCUT2D eigenvalue weighted by Crippen LogP contribution is -2.35. The van der Waals surface area contributed by atoms with Crippen LogP contribution in [0.5, 0.6) is 0 Å². The normalized spacial score (nSPS) is 21.0. The molecule has 1 saturated heterocycles. The van der Waals surface area contributed by atoms with Gasteiger partial charge in [0.1, 0.15) is 5.82 Å². The molecule has 28 heavy (non-hydrogen) atoms. The number of para-hydroxylation sites is 1. The summed E-state index contributed by atoms with van der Waals surface area (Å²) >= 11 is 0. The third-order valence-corrected chi connectivity index (χ3v) is 6.15. The Kier molecular flexibility index (Phi) is 4.79. The predicted molar refractivity (Wildman–Crippen MR) is 111 cm³/mol.